The quantitative estimate of drug-likeness (QED) is 0.300. The van der Waals surface area contributed by atoms with Crippen molar-refractivity contribution in [3.8, 4) is 5.75 Å². The number of carbonyl (C=O) groups excluding carboxylic acids is 1. The number of rotatable bonds is 9. The van der Waals surface area contributed by atoms with Crippen LogP contribution in [0, 0.1) is 0 Å². The lowest BCUT2D eigenvalue weighted by Gasteiger charge is -2.11. The summed E-state index contributed by atoms with van der Waals surface area (Å²) in [6, 6.07) is 5.15. The van der Waals surface area contributed by atoms with E-state index in [2.05, 4.69) is 4.74 Å². The van der Waals surface area contributed by atoms with Crippen molar-refractivity contribution in [2.45, 2.75) is 40.0 Å². The number of methoxy groups -OCH3 is 1. The molecule has 0 aliphatic carbocycles. The van der Waals surface area contributed by atoms with Gasteiger partial charge in [0.15, 0.2) is 11.0 Å². The monoisotopic (exact) mass is 459 g/mol. The summed E-state index contributed by atoms with van der Waals surface area (Å²) in [5.41, 5.74) is 1.32. The third-order valence-electron chi connectivity index (χ3n) is 4.25. The Kier molecular flexibility index (Phi) is 8.32. The molecule has 1 unspecified atom stereocenters. The predicted molar refractivity (Wildman–Crippen MR) is 112 cm³/mol. The molecule has 0 radical (unpaired) electrons. The second kappa shape index (κ2) is 10.5. The smallest absolute Gasteiger partial charge is 0.497 e. The highest BCUT2D eigenvalue weighted by atomic mass is 32.2. The van der Waals surface area contributed by atoms with Gasteiger partial charge in [-0.2, -0.15) is 0 Å². The molecule has 0 spiro atoms. The van der Waals surface area contributed by atoms with E-state index in [1.54, 1.807) is 38.2 Å². The van der Waals surface area contributed by atoms with Gasteiger partial charge in [-0.15, -0.1) is 13.2 Å². The number of alkyl halides is 3. The number of halogens is 3. The van der Waals surface area contributed by atoms with E-state index < -0.39 is 23.1 Å². The maximum Gasteiger partial charge on any atom is 0.572 e. The summed E-state index contributed by atoms with van der Waals surface area (Å²) >= 11 is 0. The van der Waals surface area contributed by atoms with Crippen molar-refractivity contribution in [2.24, 2.45) is 0 Å². The molecule has 0 bridgehead atoms. The number of ether oxygens (including phenoxy) is 3. The van der Waals surface area contributed by atoms with E-state index in [1.807, 2.05) is 0 Å². The summed E-state index contributed by atoms with van der Waals surface area (Å²) in [4.78, 5) is 11.9. The lowest BCUT2D eigenvalue weighted by Crippen LogP contribution is -2.12. The highest BCUT2D eigenvalue weighted by Gasteiger charge is 2.31. The van der Waals surface area contributed by atoms with Gasteiger partial charge in [0, 0.05) is 18.0 Å². The first-order valence-corrected chi connectivity index (χ1v) is 10.6. The summed E-state index contributed by atoms with van der Waals surface area (Å²) < 4.78 is 66.1. The van der Waals surface area contributed by atoms with E-state index in [9.17, 15) is 22.2 Å². The van der Waals surface area contributed by atoms with Crippen LogP contribution in [-0.2, 0) is 31.7 Å². The molecule has 0 aliphatic rings. The fourth-order valence-corrected chi connectivity index (χ4v) is 4.20. The largest absolute Gasteiger partial charge is 0.572 e. The predicted octanol–water partition coefficient (Wildman–Crippen LogP) is 5.00. The summed E-state index contributed by atoms with van der Waals surface area (Å²) in [6.45, 7) is 4.70. The number of hydrogen-bond acceptors (Lipinski definition) is 5. The molecule has 170 valence electrons. The van der Waals surface area contributed by atoms with Gasteiger partial charge in [0.05, 0.1) is 24.1 Å². The number of aromatic nitrogens is 1. The third kappa shape index (κ3) is 6.61. The van der Waals surface area contributed by atoms with E-state index in [0.29, 0.717) is 17.7 Å². The second-order valence-corrected chi connectivity index (χ2v) is 7.77. The molecule has 2 aromatic rings. The lowest BCUT2D eigenvalue weighted by atomic mass is 10.1. The molecule has 1 atom stereocenters. The van der Waals surface area contributed by atoms with Crippen LogP contribution in [0.1, 0.15) is 32.8 Å². The van der Waals surface area contributed by atoms with Crippen LogP contribution in [0.25, 0.3) is 10.9 Å². The normalized spacial score (nSPS) is 13.9. The Morgan fingerprint density at radius 1 is 1.29 bits per heavy atom. The van der Waals surface area contributed by atoms with Crippen LogP contribution in [0.2, 0.25) is 0 Å². The Morgan fingerprint density at radius 3 is 2.58 bits per heavy atom. The number of fused-ring (bicyclic) bond motifs is 1. The maximum absolute atomic E-state index is 13.2. The van der Waals surface area contributed by atoms with Gasteiger partial charge in [-0.1, -0.05) is 6.08 Å². The summed E-state index contributed by atoms with van der Waals surface area (Å²) in [5, 5.41) is 0.722. The zero-order valence-electron chi connectivity index (χ0n) is 17.6. The first-order valence-electron chi connectivity index (χ1n) is 9.45. The molecule has 2 rings (SSSR count). The van der Waals surface area contributed by atoms with Crippen molar-refractivity contribution >= 4 is 27.9 Å². The Morgan fingerprint density at radius 2 is 2.00 bits per heavy atom. The zero-order chi connectivity index (χ0) is 23.2. The van der Waals surface area contributed by atoms with Crippen LogP contribution in [0.3, 0.4) is 0 Å². The van der Waals surface area contributed by atoms with Crippen molar-refractivity contribution in [2.75, 3.05) is 13.7 Å². The minimum Gasteiger partial charge on any atom is -0.497 e. The molecule has 0 fully saturated rings. The van der Waals surface area contributed by atoms with Gasteiger partial charge in [0.25, 0.3) is 0 Å². The number of nitrogens with zero attached hydrogens (tertiary/aromatic N) is 1. The second-order valence-electron chi connectivity index (χ2n) is 6.41. The molecule has 10 heteroatoms. The Bertz CT molecular complexity index is 1020. The molecule has 1 heterocycles. The number of esters is 1. The van der Waals surface area contributed by atoms with Crippen molar-refractivity contribution < 1.29 is 36.4 Å². The summed E-state index contributed by atoms with van der Waals surface area (Å²) in [7, 11) is -0.338. The highest BCUT2D eigenvalue weighted by molar-refractivity contribution is 7.87. The van der Waals surface area contributed by atoms with Crippen LogP contribution in [-0.4, -0.2) is 34.2 Å². The average Bonchev–Trinajstić information content (AvgIpc) is 3.06. The molecular formula is C21H24F3NO5S. The highest BCUT2D eigenvalue weighted by Crippen LogP contribution is 2.29. The fraction of sp³-hybridized carbons (Fsp3) is 0.381. The van der Waals surface area contributed by atoms with E-state index in [0.717, 1.165) is 23.9 Å². The van der Waals surface area contributed by atoms with Gasteiger partial charge >= 0.3 is 12.3 Å². The van der Waals surface area contributed by atoms with E-state index in [1.165, 1.54) is 17.2 Å². The number of allylic oxidation sites excluding steroid dienone is 3. The van der Waals surface area contributed by atoms with Crippen molar-refractivity contribution in [1.29, 1.82) is 0 Å². The van der Waals surface area contributed by atoms with E-state index >= 15 is 0 Å². The number of benzene rings is 1. The fourth-order valence-electron chi connectivity index (χ4n) is 2.94. The van der Waals surface area contributed by atoms with Gasteiger partial charge in [0.1, 0.15) is 11.5 Å². The summed E-state index contributed by atoms with van der Waals surface area (Å²) in [5.74, 6) is -0.215. The molecule has 0 N–H and O–H groups in total. The topological polar surface area (TPSA) is 66.8 Å². The summed E-state index contributed by atoms with van der Waals surface area (Å²) in [6.07, 6.45) is -0.214. The third-order valence-corrected chi connectivity index (χ3v) is 5.67. The molecule has 0 saturated heterocycles. The standard InChI is InChI=1S/C21H24F3NO5S/c1-5-17(11-14(3)30-21(22,23)24)31(27)25-13-15(7-10-20(26)29-6-2)18-12-16(28-4)8-9-19(18)25/h5,8-9,11-13H,6-7,10H2,1-4H3/b14-11+,17-5+. The SMILES string of the molecule is C/C=C(\C=C(/C)OC(F)(F)F)S(=O)n1cc(CCC(=O)OCC)c2cc(OC)ccc21. The van der Waals surface area contributed by atoms with Crippen molar-refractivity contribution in [3.05, 3.63) is 52.8 Å². The first-order chi connectivity index (χ1) is 14.6. The number of hydrogen-bond donors (Lipinski definition) is 0. The average molecular weight is 459 g/mol. The van der Waals surface area contributed by atoms with Gasteiger partial charge < -0.3 is 14.2 Å². The number of aryl methyl sites for hydroxylation is 1. The molecular weight excluding hydrogens is 435 g/mol. The number of carbonyl (C=O) groups is 1. The van der Waals surface area contributed by atoms with Crippen LogP contribution in [0.4, 0.5) is 13.2 Å². The Labute approximate surface area is 180 Å². The molecule has 31 heavy (non-hydrogen) atoms. The van der Waals surface area contributed by atoms with Crippen molar-refractivity contribution in [3.63, 3.8) is 0 Å². The van der Waals surface area contributed by atoms with Crippen LogP contribution in [0.5, 0.6) is 5.75 Å². The zero-order valence-corrected chi connectivity index (χ0v) is 18.4. The van der Waals surface area contributed by atoms with Crippen LogP contribution in [0.15, 0.2) is 47.2 Å². The molecule has 0 aliphatic heterocycles. The lowest BCUT2D eigenvalue weighted by molar-refractivity contribution is -0.305. The van der Waals surface area contributed by atoms with Gasteiger partial charge in [-0.25, -0.2) is 4.21 Å². The van der Waals surface area contributed by atoms with Crippen LogP contribution < -0.4 is 4.74 Å². The van der Waals surface area contributed by atoms with E-state index in [-0.39, 0.29) is 23.9 Å². The van der Waals surface area contributed by atoms with Crippen LogP contribution >= 0.6 is 0 Å². The molecule has 0 saturated carbocycles. The molecule has 1 aromatic heterocycles. The van der Waals surface area contributed by atoms with Gasteiger partial charge in [0.2, 0.25) is 0 Å². The minimum atomic E-state index is -4.84. The Balaban J connectivity index is 2.44. The Hall–Kier alpha value is -2.75. The molecule has 1 aromatic carbocycles. The van der Waals surface area contributed by atoms with Gasteiger partial charge in [-0.05, 0) is 57.0 Å². The maximum atomic E-state index is 13.2. The van der Waals surface area contributed by atoms with E-state index in [4.69, 9.17) is 9.47 Å². The minimum absolute atomic E-state index is 0.131. The first kappa shape index (κ1) is 24.5. The van der Waals surface area contributed by atoms with Crippen molar-refractivity contribution in [1.82, 2.24) is 3.97 Å². The molecule has 0 amide bonds. The van der Waals surface area contributed by atoms with Gasteiger partial charge in [-0.3, -0.25) is 8.77 Å². The molecule has 6 nitrogen and oxygen atoms in total.